The summed E-state index contributed by atoms with van der Waals surface area (Å²) in [6.45, 7) is 2.85. The lowest BCUT2D eigenvalue weighted by molar-refractivity contribution is 0.0528. The first kappa shape index (κ1) is 26.7. The zero-order valence-corrected chi connectivity index (χ0v) is 22.6. The third-order valence-electron chi connectivity index (χ3n) is 6.23. The molecular formula is C28H25ClN2O7S. The van der Waals surface area contributed by atoms with Crippen LogP contribution in [0, 0.1) is 0 Å². The van der Waals surface area contributed by atoms with Crippen molar-refractivity contribution in [3.05, 3.63) is 83.4 Å². The average molecular weight is 569 g/mol. The highest BCUT2D eigenvalue weighted by Gasteiger charge is 2.36. The molecular weight excluding hydrogens is 544 g/mol. The summed E-state index contributed by atoms with van der Waals surface area (Å²) in [5.41, 5.74) is 1.17. The number of carbonyl (C=O) groups excluding carboxylic acids is 2. The van der Waals surface area contributed by atoms with E-state index in [1.165, 1.54) is 47.4 Å². The van der Waals surface area contributed by atoms with E-state index in [4.69, 9.17) is 25.5 Å². The van der Waals surface area contributed by atoms with Gasteiger partial charge in [0, 0.05) is 29.1 Å². The number of ether oxygens (including phenoxy) is 2. The van der Waals surface area contributed by atoms with Crippen molar-refractivity contribution in [2.24, 2.45) is 0 Å². The number of benzene rings is 3. The third-order valence-corrected chi connectivity index (χ3v) is 8.20. The minimum atomic E-state index is -4.38. The molecule has 4 aromatic rings. The van der Waals surface area contributed by atoms with Crippen LogP contribution in [0.1, 0.15) is 17.3 Å². The van der Waals surface area contributed by atoms with Crippen molar-refractivity contribution in [1.82, 2.24) is 4.90 Å². The number of furan rings is 1. The van der Waals surface area contributed by atoms with E-state index >= 15 is 0 Å². The molecule has 0 saturated carbocycles. The maximum Gasteiger partial charge on any atom is 0.342 e. The topological polar surface area (TPSA) is 106 Å². The lowest BCUT2D eigenvalue weighted by Crippen LogP contribution is -2.50. The molecule has 9 nitrogen and oxygen atoms in total. The minimum absolute atomic E-state index is 0.0416. The molecule has 1 fully saturated rings. The number of fused-ring (bicyclic) bond motifs is 1. The largest absolute Gasteiger partial charge is 0.462 e. The summed E-state index contributed by atoms with van der Waals surface area (Å²) >= 11 is 5.98. The van der Waals surface area contributed by atoms with Gasteiger partial charge in [0.1, 0.15) is 16.9 Å². The van der Waals surface area contributed by atoms with E-state index in [0.717, 1.165) is 4.31 Å². The predicted octanol–water partition coefficient (Wildman–Crippen LogP) is 5.58. The zero-order chi connectivity index (χ0) is 27.6. The number of hydrogen-bond donors (Lipinski definition) is 0. The second kappa shape index (κ2) is 11.1. The number of anilines is 1. The van der Waals surface area contributed by atoms with Gasteiger partial charge >= 0.3 is 12.0 Å². The molecule has 1 saturated heterocycles. The smallest absolute Gasteiger partial charge is 0.342 e. The van der Waals surface area contributed by atoms with Crippen molar-refractivity contribution < 1.29 is 31.9 Å². The summed E-state index contributed by atoms with van der Waals surface area (Å²) in [6.07, 6.45) is 0. The van der Waals surface area contributed by atoms with Crippen LogP contribution in [-0.2, 0) is 19.5 Å². The fourth-order valence-electron chi connectivity index (χ4n) is 4.36. The SMILES string of the molecule is CCOC(=O)c1c(-c2ccccc2)oc2ccc(N(C(=O)N3CCOCC3)S(=O)(=O)c3ccc(Cl)cc3)cc12. The molecule has 3 aromatic carbocycles. The first-order valence-electron chi connectivity index (χ1n) is 12.3. The Kier molecular flexibility index (Phi) is 7.60. The molecule has 39 heavy (non-hydrogen) atoms. The van der Waals surface area contributed by atoms with Gasteiger partial charge in [-0.1, -0.05) is 41.9 Å². The molecule has 1 aliphatic heterocycles. The Balaban J connectivity index is 1.70. The molecule has 11 heteroatoms. The van der Waals surface area contributed by atoms with Crippen molar-refractivity contribution in [2.75, 3.05) is 37.2 Å². The van der Waals surface area contributed by atoms with E-state index in [2.05, 4.69) is 0 Å². The lowest BCUT2D eigenvalue weighted by Gasteiger charge is -2.32. The van der Waals surface area contributed by atoms with Gasteiger partial charge < -0.3 is 18.8 Å². The highest BCUT2D eigenvalue weighted by atomic mass is 35.5. The summed E-state index contributed by atoms with van der Waals surface area (Å²) in [5.74, 6) is -0.341. The van der Waals surface area contributed by atoms with Gasteiger partial charge in [0.25, 0.3) is 10.0 Å². The van der Waals surface area contributed by atoms with Crippen molar-refractivity contribution in [1.29, 1.82) is 0 Å². The number of urea groups is 1. The number of hydrogen-bond acceptors (Lipinski definition) is 7. The molecule has 0 radical (unpaired) electrons. The molecule has 0 unspecified atom stereocenters. The molecule has 1 aliphatic rings. The summed E-state index contributed by atoms with van der Waals surface area (Å²) in [4.78, 5) is 28.2. The molecule has 2 heterocycles. The number of morpholine rings is 1. The molecule has 1 aromatic heterocycles. The van der Waals surface area contributed by atoms with Crippen LogP contribution in [0.4, 0.5) is 10.5 Å². The molecule has 0 aliphatic carbocycles. The van der Waals surface area contributed by atoms with Gasteiger partial charge in [0.05, 0.1) is 30.4 Å². The van der Waals surface area contributed by atoms with Crippen LogP contribution in [-0.4, -0.2) is 58.2 Å². The number of halogens is 1. The molecule has 2 amide bonds. The van der Waals surface area contributed by atoms with Gasteiger partial charge in [-0.15, -0.1) is 0 Å². The summed E-state index contributed by atoms with van der Waals surface area (Å²) < 4.78 is 45.3. The van der Waals surface area contributed by atoms with E-state index in [1.807, 2.05) is 18.2 Å². The number of carbonyl (C=O) groups is 2. The Hall–Kier alpha value is -3.86. The number of esters is 1. The van der Waals surface area contributed by atoms with Crippen LogP contribution in [0.5, 0.6) is 0 Å². The number of rotatable bonds is 6. The Morgan fingerprint density at radius 3 is 2.36 bits per heavy atom. The highest BCUT2D eigenvalue weighted by molar-refractivity contribution is 7.93. The Morgan fingerprint density at radius 2 is 1.69 bits per heavy atom. The third kappa shape index (κ3) is 5.23. The van der Waals surface area contributed by atoms with Crippen molar-refractivity contribution in [3.63, 3.8) is 0 Å². The average Bonchev–Trinajstić information content (AvgIpc) is 3.33. The molecule has 0 spiro atoms. The Morgan fingerprint density at radius 1 is 1.00 bits per heavy atom. The van der Waals surface area contributed by atoms with Gasteiger partial charge in [-0.2, -0.15) is 4.31 Å². The van der Waals surface area contributed by atoms with Gasteiger partial charge in [0.15, 0.2) is 0 Å². The quantitative estimate of drug-likeness (QED) is 0.280. The lowest BCUT2D eigenvalue weighted by atomic mass is 10.1. The van der Waals surface area contributed by atoms with E-state index < -0.39 is 22.0 Å². The standard InChI is InChI=1S/C28H25ClN2O7S/c1-2-37-27(32)25-23-18-21(10-13-24(23)38-26(25)19-6-4-3-5-7-19)31(28(33)30-14-16-36-17-15-30)39(34,35)22-11-8-20(29)9-12-22/h3-13,18H,2,14-17H2,1H3. The molecule has 0 bridgehead atoms. The van der Waals surface area contributed by atoms with Gasteiger partial charge in [-0.3, -0.25) is 0 Å². The van der Waals surface area contributed by atoms with Crippen LogP contribution in [0.2, 0.25) is 5.02 Å². The zero-order valence-electron chi connectivity index (χ0n) is 21.0. The fourth-order valence-corrected chi connectivity index (χ4v) is 5.89. The predicted molar refractivity (Wildman–Crippen MR) is 147 cm³/mol. The molecule has 0 atom stereocenters. The van der Waals surface area contributed by atoms with Gasteiger partial charge in [0.2, 0.25) is 0 Å². The van der Waals surface area contributed by atoms with Crippen molar-refractivity contribution in [3.8, 4) is 11.3 Å². The van der Waals surface area contributed by atoms with Crippen LogP contribution >= 0.6 is 11.6 Å². The van der Waals surface area contributed by atoms with Crippen LogP contribution in [0.3, 0.4) is 0 Å². The normalized spacial score (nSPS) is 13.8. The Labute approximate surface area is 230 Å². The molecule has 0 N–H and O–H groups in total. The maximum absolute atomic E-state index is 13.9. The summed E-state index contributed by atoms with van der Waals surface area (Å²) in [7, 11) is -4.38. The number of sulfonamides is 1. The number of amides is 2. The fraction of sp³-hybridized carbons (Fsp3) is 0.214. The van der Waals surface area contributed by atoms with E-state index in [0.29, 0.717) is 21.6 Å². The van der Waals surface area contributed by atoms with Crippen LogP contribution in [0.15, 0.2) is 82.1 Å². The maximum atomic E-state index is 13.9. The van der Waals surface area contributed by atoms with Crippen molar-refractivity contribution in [2.45, 2.75) is 11.8 Å². The van der Waals surface area contributed by atoms with Crippen LogP contribution < -0.4 is 4.31 Å². The highest BCUT2D eigenvalue weighted by Crippen LogP contribution is 2.37. The summed E-state index contributed by atoms with van der Waals surface area (Å²) in [5, 5.41) is 0.670. The molecule has 202 valence electrons. The van der Waals surface area contributed by atoms with E-state index in [-0.39, 0.29) is 54.8 Å². The van der Waals surface area contributed by atoms with E-state index in [9.17, 15) is 18.0 Å². The number of nitrogens with zero attached hydrogens (tertiary/aromatic N) is 2. The van der Waals surface area contributed by atoms with Crippen molar-refractivity contribution >= 4 is 50.3 Å². The molecule has 5 rings (SSSR count). The first-order chi connectivity index (χ1) is 18.8. The van der Waals surface area contributed by atoms with Gasteiger partial charge in [-0.25, -0.2) is 18.0 Å². The minimum Gasteiger partial charge on any atom is -0.462 e. The first-order valence-corrected chi connectivity index (χ1v) is 14.1. The van der Waals surface area contributed by atoms with Gasteiger partial charge in [-0.05, 0) is 49.4 Å². The Bertz CT molecular complexity index is 1610. The second-order valence-corrected chi connectivity index (χ2v) is 10.9. The van der Waals surface area contributed by atoms with Crippen LogP contribution in [0.25, 0.3) is 22.3 Å². The van der Waals surface area contributed by atoms with E-state index in [1.54, 1.807) is 19.1 Å². The second-order valence-electron chi connectivity index (χ2n) is 8.68. The monoisotopic (exact) mass is 568 g/mol. The summed E-state index contributed by atoms with van der Waals surface area (Å²) in [6, 6.07) is 18.3.